The van der Waals surface area contributed by atoms with Crippen LogP contribution < -0.4 is 14.8 Å². The molecule has 0 fully saturated rings. The van der Waals surface area contributed by atoms with Crippen LogP contribution in [0.15, 0.2) is 42.5 Å². The van der Waals surface area contributed by atoms with Gasteiger partial charge in [0.1, 0.15) is 17.3 Å². The van der Waals surface area contributed by atoms with Gasteiger partial charge in [0.15, 0.2) is 0 Å². The van der Waals surface area contributed by atoms with Gasteiger partial charge in [0, 0.05) is 11.1 Å². The number of ether oxygens (including phenoxy) is 2. The highest BCUT2D eigenvalue weighted by atomic mass is 35.5. The zero-order chi connectivity index (χ0) is 18.7. The van der Waals surface area contributed by atoms with Crippen LogP contribution in [0, 0.1) is 6.92 Å². The highest BCUT2D eigenvalue weighted by Gasteiger charge is 2.17. The number of carbonyl (C=O) groups is 1. The molecule has 1 heterocycles. The largest absolute Gasteiger partial charge is 0.497 e. The molecule has 26 heavy (non-hydrogen) atoms. The van der Waals surface area contributed by atoms with Gasteiger partial charge >= 0.3 is 0 Å². The van der Waals surface area contributed by atoms with Gasteiger partial charge in [-0.15, -0.1) is 5.10 Å². The molecular formula is C18H17ClN4O3. The number of aromatic nitrogens is 3. The lowest BCUT2D eigenvalue weighted by Crippen LogP contribution is -2.15. The smallest absolute Gasteiger partial charge is 0.295 e. The van der Waals surface area contributed by atoms with E-state index >= 15 is 0 Å². The Bertz CT molecular complexity index is 955. The molecule has 0 aliphatic heterocycles. The number of amides is 1. The molecule has 0 radical (unpaired) electrons. The van der Waals surface area contributed by atoms with Crippen molar-refractivity contribution in [3.05, 3.63) is 59.1 Å². The number of benzene rings is 2. The molecule has 0 aliphatic rings. The third-order valence-electron chi connectivity index (χ3n) is 3.68. The number of nitrogens with one attached hydrogen (secondary N) is 1. The Labute approximate surface area is 155 Å². The first-order chi connectivity index (χ1) is 12.5. The Kier molecular flexibility index (Phi) is 5.09. The van der Waals surface area contributed by atoms with Crippen molar-refractivity contribution in [3.63, 3.8) is 0 Å². The molecule has 134 valence electrons. The molecule has 8 heteroatoms. The van der Waals surface area contributed by atoms with Crippen LogP contribution in [0.25, 0.3) is 5.69 Å². The van der Waals surface area contributed by atoms with Crippen molar-refractivity contribution < 1.29 is 14.3 Å². The maximum Gasteiger partial charge on any atom is 0.295 e. The predicted octanol–water partition coefficient (Wildman–Crippen LogP) is 3.50. The highest BCUT2D eigenvalue weighted by molar-refractivity contribution is 6.30. The van der Waals surface area contributed by atoms with Crippen LogP contribution in [-0.4, -0.2) is 34.9 Å². The first kappa shape index (κ1) is 17.8. The maximum atomic E-state index is 12.6. The lowest BCUT2D eigenvalue weighted by atomic mass is 10.2. The summed E-state index contributed by atoms with van der Waals surface area (Å²) in [4.78, 5) is 16.8. The van der Waals surface area contributed by atoms with Gasteiger partial charge in [-0.3, -0.25) is 4.79 Å². The van der Waals surface area contributed by atoms with E-state index in [0.29, 0.717) is 28.0 Å². The van der Waals surface area contributed by atoms with Gasteiger partial charge in [-0.25, -0.2) is 9.67 Å². The van der Waals surface area contributed by atoms with E-state index < -0.39 is 5.91 Å². The van der Waals surface area contributed by atoms with Gasteiger partial charge in [0.2, 0.25) is 5.82 Å². The number of anilines is 1. The summed E-state index contributed by atoms with van der Waals surface area (Å²) in [5, 5.41) is 7.60. The van der Waals surface area contributed by atoms with Crippen molar-refractivity contribution in [2.75, 3.05) is 19.5 Å². The molecule has 0 spiro atoms. The van der Waals surface area contributed by atoms with Crippen LogP contribution in [0.3, 0.4) is 0 Å². The number of halogens is 1. The van der Waals surface area contributed by atoms with Crippen LogP contribution in [0.1, 0.15) is 16.4 Å². The van der Waals surface area contributed by atoms with Crippen molar-refractivity contribution in [1.82, 2.24) is 14.8 Å². The number of aryl methyl sites for hydroxylation is 1. The first-order valence-corrected chi connectivity index (χ1v) is 8.12. The quantitative estimate of drug-likeness (QED) is 0.741. The molecule has 0 atom stereocenters. The van der Waals surface area contributed by atoms with Crippen LogP contribution in [0.4, 0.5) is 5.69 Å². The molecule has 3 rings (SSSR count). The van der Waals surface area contributed by atoms with E-state index in [0.717, 1.165) is 5.69 Å². The first-order valence-electron chi connectivity index (χ1n) is 7.75. The molecule has 1 amide bonds. The number of nitrogens with zero attached hydrogens (tertiary/aromatic N) is 3. The lowest BCUT2D eigenvalue weighted by Gasteiger charge is -2.10. The average molecular weight is 373 g/mol. The van der Waals surface area contributed by atoms with E-state index in [4.69, 9.17) is 21.1 Å². The number of hydrogen-bond donors (Lipinski definition) is 1. The van der Waals surface area contributed by atoms with E-state index in [-0.39, 0.29) is 5.82 Å². The zero-order valence-electron chi connectivity index (χ0n) is 14.5. The molecule has 3 aromatic rings. The summed E-state index contributed by atoms with van der Waals surface area (Å²) in [6, 6.07) is 12.3. The van der Waals surface area contributed by atoms with Crippen molar-refractivity contribution in [3.8, 4) is 17.2 Å². The van der Waals surface area contributed by atoms with Gasteiger partial charge in [0.05, 0.1) is 25.6 Å². The second kappa shape index (κ2) is 7.45. The summed E-state index contributed by atoms with van der Waals surface area (Å²) in [7, 11) is 3.07. The summed E-state index contributed by atoms with van der Waals surface area (Å²) in [5.74, 6) is 1.24. The minimum atomic E-state index is -0.458. The highest BCUT2D eigenvalue weighted by Crippen LogP contribution is 2.29. The Balaban J connectivity index is 1.89. The summed E-state index contributed by atoms with van der Waals surface area (Å²) in [6.07, 6.45) is 0. The van der Waals surface area contributed by atoms with E-state index in [1.54, 1.807) is 55.1 Å². The third kappa shape index (κ3) is 3.62. The molecule has 7 nitrogen and oxygen atoms in total. The molecule has 0 bridgehead atoms. The predicted molar refractivity (Wildman–Crippen MR) is 98.6 cm³/mol. The topological polar surface area (TPSA) is 78.3 Å². The summed E-state index contributed by atoms with van der Waals surface area (Å²) < 4.78 is 12.0. The van der Waals surface area contributed by atoms with Gasteiger partial charge in [-0.05, 0) is 37.3 Å². The Morgan fingerprint density at radius 2 is 1.96 bits per heavy atom. The summed E-state index contributed by atoms with van der Waals surface area (Å²) >= 11 is 6.02. The van der Waals surface area contributed by atoms with Crippen LogP contribution in [0.2, 0.25) is 5.02 Å². The Morgan fingerprint density at radius 1 is 1.15 bits per heavy atom. The van der Waals surface area contributed by atoms with Gasteiger partial charge in [0.25, 0.3) is 5.91 Å². The number of carbonyl (C=O) groups excluding carboxylic acids is 1. The maximum absolute atomic E-state index is 12.6. The second-order valence-electron chi connectivity index (χ2n) is 5.39. The van der Waals surface area contributed by atoms with Crippen LogP contribution >= 0.6 is 11.6 Å². The van der Waals surface area contributed by atoms with E-state index in [1.165, 1.54) is 7.11 Å². The van der Waals surface area contributed by atoms with Gasteiger partial charge < -0.3 is 14.8 Å². The average Bonchev–Trinajstić information content (AvgIpc) is 3.03. The zero-order valence-corrected chi connectivity index (χ0v) is 15.2. The van der Waals surface area contributed by atoms with E-state index in [9.17, 15) is 4.79 Å². The van der Waals surface area contributed by atoms with E-state index in [2.05, 4.69) is 15.4 Å². The SMILES string of the molecule is COc1ccc(OC)c(NC(=O)c2nc(C)n(-c3cccc(Cl)c3)n2)c1. The minimum absolute atomic E-state index is 0.0346. The van der Waals surface area contributed by atoms with Gasteiger partial charge in [-0.1, -0.05) is 17.7 Å². The number of rotatable bonds is 5. The molecule has 0 saturated carbocycles. The van der Waals surface area contributed by atoms with Gasteiger partial charge in [-0.2, -0.15) is 0 Å². The second-order valence-corrected chi connectivity index (χ2v) is 5.83. The standard InChI is InChI=1S/C18H17ClN4O3/c1-11-20-17(22-23(11)13-6-4-5-12(19)9-13)18(24)21-15-10-14(25-2)7-8-16(15)26-3/h4-10H,1-3H3,(H,21,24). The molecule has 0 saturated heterocycles. The molecule has 0 unspecified atom stereocenters. The lowest BCUT2D eigenvalue weighted by molar-refractivity contribution is 0.101. The fourth-order valence-corrected chi connectivity index (χ4v) is 2.61. The van der Waals surface area contributed by atoms with Crippen molar-refractivity contribution in [2.45, 2.75) is 6.92 Å². The molecule has 1 aromatic heterocycles. The van der Waals surface area contributed by atoms with Crippen molar-refractivity contribution >= 4 is 23.2 Å². The normalized spacial score (nSPS) is 10.5. The molecular weight excluding hydrogens is 356 g/mol. The minimum Gasteiger partial charge on any atom is -0.497 e. The summed E-state index contributed by atoms with van der Waals surface area (Å²) in [6.45, 7) is 1.76. The third-order valence-corrected chi connectivity index (χ3v) is 3.91. The molecule has 1 N–H and O–H groups in total. The monoisotopic (exact) mass is 372 g/mol. The molecule has 2 aromatic carbocycles. The van der Waals surface area contributed by atoms with Crippen LogP contribution in [0.5, 0.6) is 11.5 Å². The molecule has 0 aliphatic carbocycles. The summed E-state index contributed by atoms with van der Waals surface area (Å²) in [5.41, 5.74) is 1.19. The number of methoxy groups -OCH3 is 2. The Morgan fingerprint density at radius 3 is 2.65 bits per heavy atom. The van der Waals surface area contributed by atoms with Crippen molar-refractivity contribution in [1.29, 1.82) is 0 Å². The fourth-order valence-electron chi connectivity index (χ4n) is 2.43. The Hall–Kier alpha value is -3.06. The fraction of sp³-hybridized carbons (Fsp3) is 0.167. The number of hydrogen-bond acceptors (Lipinski definition) is 5. The van der Waals surface area contributed by atoms with Crippen molar-refractivity contribution in [2.24, 2.45) is 0 Å². The van der Waals surface area contributed by atoms with Crippen LogP contribution in [-0.2, 0) is 0 Å². The van der Waals surface area contributed by atoms with E-state index in [1.807, 2.05) is 6.07 Å².